The molecule has 88 valence electrons. The van der Waals surface area contributed by atoms with Crippen molar-refractivity contribution in [2.45, 2.75) is 6.42 Å². The molecule has 0 aliphatic heterocycles. The number of aromatic nitrogens is 2. The summed E-state index contributed by atoms with van der Waals surface area (Å²) in [5.74, 6) is -0.0525. The first kappa shape index (κ1) is 11.4. The van der Waals surface area contributed by atoms with E-state index in [0.717, 1.165) is 6.42 Å². The fraction of sp³-hybridized carbons (Fsp3) is 0.231. The molecule has 0 atom stereocenters. The van der Waals surface area contributed by atoms with Gasteiger partial charge >= 0.3 is 0 Å². The van der Waals surface area contributed by atoms with Gasteiger partial charge in [-0.05, 0) is 30.2 Å². The SMILES string of the molecule is Cn1ccc(CCNC(=O)c2ccncc2)c1. The number of carbonyl (C=O) groups is 1. The van der Waals surface area contributed by atoms with Crippen molar-refractivity contribution in [3.63, 3.8) is 0 Å². The minimum Gasteiger partial charge on any atom is -0.357 e. The van der Waals surface area contributed by atoms with Crippen molar-refractivity contribution in [3.8, 4) is 0 Å². The summed E-state index contributed by atoms with van der Waals surface area (Å²) < 4.78 is 2.00. The van der Waals surface area contributed by atoms with Crippen molar-refractivity contribution in [1.82, 2.24) is 14.9 Å². The lowest BCUT2D eigenvalue weighted by Gasteiger charge is -2.03. The Labute approximate surface area is 100 Å². The standard InChI is InChI=1S/C13H15N3O/c1-16-9-5-11(10-16)2-8-15-13(17)12-3-6-14-7-4-12/h3-7,9-10H,2,8H2,1H3,(H,15,17). The number of hydrogen-bond acceptors (Lipinski definition) is 2. The molecule has 2 aromatic heterocycles. The maximum atomic E-state index is 11.7. The predicted octanol–water partition coefficient (Wildman–Crippen LogP) is 1.39. The second-order valence-corrected chi connectivity index (χ2v) is 3.93. The molecule has 0 unspecified atom stereocenters. The normalized spacial score (nSPS) is 10.2. The van der Waals surface area contributed by atoms with E-state index >= 15 is 0 Å². The van der Waals surface area contributed by atoms with Gasteiger partial charge in [0.05, 0.1) is 0 Å². The van der Waals surface area contributed by atoms with Crippen LogP contribution in [0.25, 0.3) is 0 Å². The van der Waals surface area contributed by atoms with Crippen LogP contribution in [0.3, 0.4) is 0 Å². The largest absolute Gasteiger partial charge is 0.357 e. The molecular formula is C13H15N3O. The van der Waals surface area contributed by atoms with E-state index in [2.05, 4.69) is 22.6 Å². The van der Waals surface area contributed by atoms with Crippen LogP contribution in [-0.2, 0) is 13.5 Å². The van der Waals surface area contributed by atoms with Crippen LogP contribution >= 0.6 is 0 Å². The number of amides is 1. The molecule has 0 radical (unpaired) electrons. The Morgan fingerprint density at radius 3 is 2.76 bits per heavy atom. The summed E-state index contributed by atoms with van der Waals surface area (Å²) in [5, 5.41) is 2.88. The van der Waals surface area contributed by atoms with Gasteiger partial charge in [0.15, 0.2) is 0 Å². The predicted molar refractivity (Wildman–Crippen MR) is 65.7 cm³/mol. The number of rotatable bonds is 4. The molecule has 0 saturated heterocycles. The average molecular weight is 229 g/mol. The number of nitrogens with zero attached hydrogens (tertiary/aromatic N) is 2. The highest BCUT2D eigenvalue weighted by Crippen LogP contribution is 2.00. The Morgan fingerprint density at radius 1 is 1.35 bits per heavy atom. The molecular weight excluding hydrogens is 214 g/mol. The molecule has 1 N–H and O–H groups in total. The van der Waals surface area contributed by atoms with Crippen LogP contribution in [0, 0.1) is 0 Å². The first-order valence-corrected chi connectivity index (χ1v) is 5.55. The van der Waals surface area contributed by atoms with Crippen molar-refractivity contribution in [2.24, 2.45) is 7.05 Å². The van der Waals surface area contributed by atoms with Gasteiger partial charge in [-0.1, -0.05) is 0 Å². The summed E-state index contributed by atoms with van der Waals surface area (Å²) in [6.07, 6.45) is 8.13. The molecule has 17 heavy (non-hydrogen) atoms. The van der Waals surface area contributed by atoms with Crippen LogP contribution < -0.4 is 5.32 Å². The van der Waals surface area contributed by atoms with Gasteiger partial charge in [-0.2, -0.15) is 0 Å². The molecule has 2 heterocycles. The molecule has 4 nitrogen and oxygen atoms in total. The Balaban J connectivity index is 1.81. The summed E-state index contributed by atoms with van der Waals surface area (Å²) >= 11 is 0. The molecule has 0 saturated carbocycles. The van der Waals surface area contributed by atoms with Gasteiger partial charge in [0.25, 0.3) is 5.91 Å². The van der Waals surface area contributed by atoms with Crippen LogP contribution in [-0.4, -0.2) is 22.0 Å². The topological polar surface area (TPSA) is 46.9 Å². The molecule has 0 aliphatic carbocycles. The lowest BCUT2D eigenvalue weighted by Crippen LogP contribution is -2.25. The molecule has 0 spiro atoms. The Morgan fingerprint density at radius 2 is 2.12 bits per heavy atom. The quantitative estimate of drug-likeness (QED) is 0.861. The van der Waals surface area contributed by atoms with Crippen LogP contribution in [0.2, 0.25) is 0 Å². The minimum absolute atomic E-state index is 0.0525. The van der Waals surface area contributed by atoms with Crippen LogP contribution in [0.15, 0.2) is 43.0 Å². The third-order valence-corrected chi connectivity index (χ3v) is 2.53. The van der Waals surface area contributed by atoms with Gasteiger partial charge in [0, 0.05) is 43.9 Å². The summed E-state index contributed by atoms with van der Waals surface area (Å²) in [4.78, 5) is 15.6. The summed E-state index contributed by atoms with van der Waals surface area (Å²) in [5.41, 5.74) is 1.87. The third kappa shape index (κ3) is 3.17. The van der Waals surface area contributed by atoms with Crippen LogP contribution in [0.1, 0.15) is 15.9 Å². The minimum atomic E-state index is -0.0525. The second-order valence-electron chi connectivity index (χ2n) is 3.93. The zero-order valence-corrected chi connectivity index (χ0v) is 9.76. The zero-order chi connectivity index (χ0) is 12.1. The lowest BCUT2D eigenvalue weighted by atomic mass is 10.2. The first-order valence-electron chi connectivity index (χ1n) is 5.55. The Hall–Kier alpha value is -2.10. The fourth-order valence-electron chi connectivity index (χ4n) is 1.63. The van der Waals surface area contributed by atoms with Gasteiger partial charge in [0.2, 0.25) is 0 Å². The molecule has 0 aromatic carbocycles. The monoisotopic (exact) mass is 229 g/mol. The second kappa shape index (κ2) is 5.30. The number of hydrogen-bond donors (Lipinski definition) is 1. The van der Waals surface area contributed by atoms with E-state index in [4.69, 9.17) is 0 Å². The number of pyridine rings is 1. The molecule has 0 bridgehead atoms. The third-order valence-electron chi connectivity index (χ3n) is 2.53. The highest BCUT2D eigenvalue weighted by atomic mass is 16.1. The van der Waals surface area contributed by atoms with Crippen LogP contribution in [0.5, 0.6) is 0 Å². The highest BCUT2D eigenvalue weighted by Gasteiger charge is 2.03. The maximum Gasteiger partial charge on any atom is 0.251 e. The van der Waals surface area contributed by atoms with E-state index in [1.165, 1.54) is 5.56 Å². The van der Waals surface area contributed by atoms with Crippen molar-refractivity contribution < 1.29 is 4.79 Å². The van der Waals surface area contributed by atoms with Crippen molar-refractivity contribution in [3.05, 3.63) is 54.1 Å². The summed E-state index contributed by atoms with van der Waals surface area (Å²) in [7, 11) is 1.99. The Bertz CT molecular complexity index is 490. The van der Waals surface area contributed by atoms with E-state index in [1.54, 1.807) is 24.5 Å². The lowest BCUT2D eigenvalue weighted by molar-refractivity contribution is 0.0954. The molecule has 4 heteroatoms. The molecule has 2 aromatic rings. The molecule has 2 rings (SSSR count). The highest BCUT2D eigenvalue weighted by molar-refractivity contribution is 5.93. The van der Waals surface area contributed by atoms with Gasteiger partial charge in [-0.3, -0.25) is 9.78 Å². The molecule has 1 amide bonds. The Kier molecular flexibility index (Phi) is 3.55. The van der Waals surface area contributed by atoms with Crippen molar-refractivity contribution in [1.29, 1.82) is 0 Å². The number of nitrogens with one attached hydrogen (secondary N) is 1. The number of aryl methyl sites for hydroxylation is 1. The van der Waals surface area contributed by atoms with Crippen molar-refractivity contribution in [2.75, 3.05) is 6.54 Å². The summed E-state index contributed by atoms with van der Waals surface area (Å²) in [6, 6.07) is 5.47. The van der Waals surface area contributed by atoms with Gasteiger partial charge in [-0.25, -0.2) is 0 Å². The first-order chi connectivity index (χ1) is 8.25. The van der Waals surface area contributed by atoms with E-state index in [9.17, 15) is 4.79 Å². The van der Waals surface area contributed by atoms with E-state index in [-0.39, 0.29) is 5.91 Å². The van der Waals surface area contributed by atoms with E-state index < -0.39 is 0 Å². The molecule has 0 aliphatic rings. The molecule has 0 fully saturated rings. The number of carbonyl (C=O) groups excluding carboxylic acids is 1. The van der Waals surface area contributed by atoms with Gasteiger partial charge in [0.1, 0.15) is 0 Å². The van der Waals surface area contributed by atoms with Gasteiger partial charge < -0.3 is 9.88 Å². The van der Waals surface area contributed by atoms with Crippen molar-refractivity contribution >= 4 is 5.91 Å². The average Bonchev–Trinajstić information content (AvgIpc) is 2.76. The smallest absolute Gasteiger partial charge is 0.251 e. The van der Waals surface area contributed by atoms with E-state index in [0.29, 0.717) is 12.1 Å². The van der Waals surface area contributed by atoms with Crippen LogP contribution in [0.4, 0.5) is 0 Å². The van der Waals surface area contributed by atoms with Gasteiger partial charge in [-0.15, -0.1) is 0 Å². The fourth-order valence-corrected chi connectivity index (χ4v) is 1.63. The zero-order valence-electron chi connectivity index (χ0n) is 9.76. The van der Waals surface area contributed by atoms with E-state index in [1.807, 2.05) is 17.8 Å². The maximum absolute atomic E-state index is 11.7. The summed E-state index contributed by atoms with van der Waals surface area (Å²) in [6.45, 7) is 0.644.